The fourth-order valence-corrected chi connectivity index (χ4v) is 4.80. The summed E-state index contributed by atoms with van der Waals surface area (Å²) in [5, 5.41) is 3.02. The molecule has 1 saturated carbocycles. The fraction of sp³-hybridized carbons (Fsp3) is 0.923. The number of amidine groups is 1. The van der Waals surface area contributed by atoms with Crippen LogP contribution in [-0.2, 0) is 0 Å². The van der Waals surface area contributed by atoms with Gasteiger partial charge < -0.3 is 4.90 Å². The van der Waals surface area contributed by atoms with E-state index in [1.807, 2.05) is 11.8 Å². The minimum atomic E-state index is 0.660. The number of piperazine rings is 1. The SMILES string of the molecule is BrCC1CN=C(N2CCN(C3CCCC3)CC2)S1. The maximum Gasteiger partial charge on any atom is 0.159 e. The van der Waals surface area contributed by atoms with Crippen molar-refractivity contribution in [3.8, 4) is 0 Å². The fourth-order valence-electron chi connectivity index (χ4n) is 3.21. The monoisotopic (exact) mass is 331 g/mol. The van der Waals surface area contributed by atoms with Crippen molar-refractivity contribution in [3.63, 3.8) is 0 Å². The average molecular weight is 332 g/mol. The van der Waals surface area contributed by atoms with Gasteiger partial charge in [-0.05, 0) is 12.8 Å². The summed E-state index contributed by atoms with van der Waals surface area (Å²) in [6.45, 7) is 5.83. The molecule has 0 aromatic rings. The van der Waals surface area contributed by atoms with Gasteiger partial charge in [0, 0.05) is 42.8 Å². The smallest absolute Gasteiger partial charge is 0.159 e. The molecule has 0 spiro atoms. The van der Waals surface area contributed by atoms with Crippen molar-refractivity contribution in [2.45, 2.75) is 37.0 Å². The van der Waals surface area contributed by atoms with Crippen molar-refractivity contribution in [3.05, 3.63) is 0 Å². The predicted octanol–water partition coefficient (Wildman–Crippen LogP) is 2.41. The van der Waals surface area contributed by atoms with E-state index in [4.69, 9.17) is 4.99 Å². The van der Waals surface area contributed by atoms with E-state index in [0.717, 1.165) is 17.9 Å². The Labute approximate surface area is 123 Å². The summed E-state index contributed by atoms with van der Waals surface area (Å²) in [4.78, 5) is 9.90. The van der Waals surface area contributed by atoms with Gasteiger partial charge in [-0.15, -0.1) is 0 Å². The van der Waals surface area contributed by atoms with Gasteiger partial charge in [0.2, 0.25) is 0 Å². The van der Waals surface area contributed by atoms with Crippen LogP contribution in [0.25, 0.3) is 0 Å². The summed E-state index contributed by atoms with van der Waals surface area (Å²) in [7, 11) is 0. The number of hydrogen-bond donors (Lipinski definition) is 0. The maximum atomic E-state index is 4.69. The molecular weight excluding hydrogens is 310 g/mol. The van der Waals surface area contributed by atoms with Gasteiger partial charge in [-0.25, -0.2) is 0 Å². The first-order valence-corrected chi connectivity index (χ1v) is 9.13. The van der Waals surface area contributed by atoms with E-state index in [1.165, 1.54) is 57.0 Å². The summed E-state index contributed by atoms with van der Waals surface area (Å²) in [5.41, 5.74) is 0. The molecular formula is C13H22BrN3S. The molecule has 3 rings (SSSR count). The number of nitrogens with zero attached hydrogens (tertiary/aromatic N) is 3. The first kappa shape index (κ1) is 13.3. The quantitative estimate of drug-likeness (QED) is 0.724. The third-order valence-corrected chi connectivity index (χ3v) is 6.76. The van der Waals surface area contributed by atoms with E-state index in [2.05, 4.69) is 25.7 Å². The van der Waals surface area contributed by atoms with Crippen LogP contribution in [0.2, 0.25) is 0 Å². The average Bonchev–Trinajstić information content (AvgIpc) is 3.10. The highest BCUT2D eigenvalue weighted by Crippen LogP contribution is 2.28. The van der Waals surface area contributed by atoms with E-state index in [9.17, 15) is 0 Å². The van der Waals surface area contributed by atoms with Gasteiger partial charge in [0.1, 0.15) is 0 Å². The molecule has 18 heavy (non-hydrogen) atoms. The number of aliphatic imine (C=N–C) groups is 1. The van der Waals surface area contributed by atoms with Gasteiger partial charge >= 0.3 is 0 Å². The second-order valence-electron chi connectivity index (χ2n) is 5.48. The number of thioether (sulfide) groups is 1. The van der Waals surface area contributed by atoms with Crippen LogP contribution in [0.3, 0.4) is 0 Å². The van der Waals surface area contributed by atoms with Crippen LogP contribution in [0.4, 0.5) is 0 Å². The van der Waals surface area contributed by atoms with Crippen molar-refractivity contribution in [2.75, 3.05) is 38.1 Å². The topological polar surface area (TPSA) is 18.8 Å². The molecule has 0 aromatic carbocycles. The van der Waals surface area contributed by atoms with E-state index < -0.39 is 0 Å². The van der Waals surface area contributed by atoms with Crippen molar-refractivity contribution in [1.29, 1.82) is 0 Å². The molecule has 2 aliphatic heterocycles. The molecule has 2 fully saturated rings. The molecule has 5 heteroatoms. The van der Waals surface area contributed by atoms with Gasteiger partial charge in [0.15, 0.2) is 5.17 Å². The first-order valence-electron chi connectivity index (χ1n) is 7.13. The van der Waals surface area contributed by atoms with Crippen LogP contribution >= 0.6 is 27.7 Å². The van der Waals surface area contributed by atoms with Gasteiger partial charge in [-0.2, -0.15) is 0 Å². The third-order valence-electron chi connectivity index (χ3n) is 4.30. The molecule has 1 aliphatic carbocycles. The minimum absolute atomic E-state index is 0.660. The van der Waals surface area contributed by atoms with Gasteiger partial charge in [-0.1, -0.05) is 40.5 Å². The Bertz CT molecular complexity index is 309. The van der Waals surface area contributed by atoms with Crippen molar-refractivity contribution in [2.24, 2.45) is 4.99 Å². The first-order chi connectivity index (χ1) is 8.86. The van der Waals surface area contributed by atoms with E-state index in [1.54, 1.807) is 0 Å². The highest BCUT2D eigenvalue weighted by molar-refractivity contribution is 9.09. The Morgan fingerprint density at radius 2 is 1.89 bits per heavy atom. The molecule has 0 aromatic heterocycles. The molecule has 3 aliphatic rings. The van der Waals surface area contributed by atoms with Crippen molar-refractivity contribution >= 4 is 32.9 Å². The molecule has 3 nitrogen and oxygen atoms in total. The normalized spacial score (nSPS) is 31.1. The highest BCUT2D eigenvalue weighted by atomic mass is 79.9. The summed E-state index contributed by atoms with van der Waals surface area (Å²) >= 11 is 5.52. The van der Waals surface area contributed by atoms with E-state index >= 15 is 0 Å². The lowest BCUT2D eigenvalue weighted by Gasteiger charge is -2.38. The number of alkyl halides is 1. The Balaban J connectivity index is 1.48. The van der Waals surface area contributed by atoms with E-state index in [-0.39, 0.29) is 0 Å². The molecule has 0 N–H and O–H groups in total. The molecule has 102 valence electrons. The Morgan fingerprint density at radius 3 is 2.50 bits per heavy atom. The summed E-state index contributed by atoms with van der Waals surface area (Å²) < 4.78 is 0. The van der Waals surface area contributed by atoms with Crippen LogP contribution in [0.5, 0.6) is 0 Å². The molecule has 0 amide bonds. The largest absolute Gasteiger partial charge is 0.349 e. The lowest BCUT2D eigenvalue weighted by molar-refractivity contribution is 0.135. The minimum Gasteiger partial charge on any atom is -0.349 e. The molecule has 1 unspecified atom stereocenters. The third kappa shape index (κ3) is 2.88. The summed E-state index contributed by atoms with van der Waals surface area (Å²) in [6.07, 6.45) is 5.75. The lowest BCUT2D eigenvalue weighted by atomic mass is 10.2. The van der Waals surface area contributed by atoms with Gasteiger partial charge in [-0.3, -0.25) is 9.89 Å². The predicted molar refractivity (Wildman–Crippen MR) is 82.9 cm³/mol. The van der Waals surface area contributed by atoms with Crippen LogP contribution in [0, 0.1) is 0 Å². The van der Waals surface area contributed by atoms with E-state index in [0.29, 0.717) is 5.25 Å². The second kappa shape index (κ2) is 6.14. The van der Waals surface area contributed by atoms with Crippen LogP contribution in [0.15, 0.2) is 4.99 Å². The van der Waals surface area contributed by atoms with Gasteiger partial charge in [0.25, 0.3) is 0 Å². The molecule has 2 heterocycles. The highest BCUT2D eigenvalue weighted by Gasteiger charge is 2.29. The Kier molecular flexibility index (Phi) is 4.52. The Hall–Kier alpha value is 0.260. The lowest BCUT2D eigenvalue weighted by Crippen LogP contribution is -2.50. The van der Waals surface area contributed by atoms with Crippen LogP contribution in [-0.4, -0.2) is 64.3 Å². The zero-order valence-electron chi connectivity index (χ0n) is 10.9. The Morgan fingerprint density at radius 1 is 1.17 bits per heavy atom. The molecule has 1 saturated heterocycles. The second-order valence-corrected chi connectivity index (χ2v) is 7.39. The number of halogens is 1. The molecule has 0 radical (unpaired) electrons. The maximum absolute atomic E-state index is 4.69. The summed E-state index contributed by atoms with van der Waals surface area (Å²) in [5.74, 6) is 0. The van der Waals surface area contributed by atoms with Crippen LogP contribution in [0.1, 0.15) is 25.7 Å². The summed E-state index contributed by atoms with van der Waals surface area (Å²) in [6, 6.07) is 0.889. The zero-order valence-corrected chi connectivity index (χ0v) is 13.3. The number of rotatable bonds is 2. The van der Waals surface area contributed by atoms with Crippen molar-refractivity contribution < 1.29 is 0 Å². The molecule has 1 atom stereocenters. The zero-order chi connectivity index (χ0) is 12.4. The molecule has 0 bridgehead atoms. The number of hydrogen-bond acceptors (Lipinski definition) is 4. The standard InChI is InChI=1S/C13H22BrN3S/c14-9-12-10-15-13(18-12)17-7-5-16(6-8-17)11-3-1-2-4-11/h11-12H,1-10H2. The van der Waals surface area contributed by atoms with Crippen LogP contribution < -0.4 is 0 Å². The van der Waals surface area contributed by atoms with Crippen molar-refractivity contribution in [1.82, 2.24) is 9.80 Å². The van der Waals surface area contributed by atoms with Gasteiger partial charge in [0.05, 0.1) is 6.54 Å².